The van der Waals surface area contributed by atoms with Gasteiger partial charge in [0, 0.05) is 30.7 Å². The highest BCUT2D eigenvalue weighted by atomic mass is 79.9. The molecule has 1 aromatic rings. The Morgan fingerprint density at radius 3 is 2.75 bits per heavy atom. The number of halogens is 1. The quantitative estimate of drug-likeness (QED) is 0.881. The van der Waals surface area contributed by atoms with Crippen LogP contribution in [0.4, 0.5) is 0 Å². The minimum Gasteiger partial charge on any atom is -0.394 e. The fourth-order valence-corrected chi connectivity index (χ4v) is 2.56. The number of rotatable bonds is 3. The molecule has 0 aliphatic carbocycles. The van der Waals surface area contributed by atoms with Gasteiger partial charge in [-0.25, -0.2) is 0 Å². The van der Waals surface area contributed by atoms with E-state index < -0.39 is 0 Å². The molecule has 0 aromatic heterocycles. The van der Waals surface area contributed by atoms with Gasteiger partial charge in [-0.1, -0.05) is 28.1 Å². The maximum Gasteiger partial charge on any atom is 0.0628 e. The predicted octanol–water partition coefficient (Wildman–Crippen LogP) is 1.39. The maximum absolute atomic E-state index is 9.55. The average molecular weight is 285 g/mol. The van der Waals surface area contributed by atoms with E-state index in [9.17, 15) is 5.11 Å². The van der Waals surface area contributed by atoms with Crippen LogP contribution in [0.3, 0.4) is 0 Å². The second-order valence-corrected chi connectivity index (χ2v) is 4.96. The molecule has 0 radical (unpaired) electrons. The number of nitrogens with zero attached hydrogens (tertiary/aromatic N) is 1. The Morgan fingerprint density at radius 1 is 1.38 bits per heavy atom. The second-order valence-electron chi connectivity index (χ2n) is 4.04. The van der Waals surface area contributed by atoms with Crippen molar-refractivity contribution in [3.8, 4) is 0 Å². The third-order valence-corrected chi connectivity index (χ3v) is 3.49. The van der Waals surface area contributed by atoms with Crippen molar-refractivity contribution in [2.75, 3.05) is 32.8 Å². The highest BCUT2D eigenvalue weighted by Gasteiger charge is 2.21. The van der Waals surface area contributed by atoms with Crippen LogP contribution in [0.5, 0.6) is 0 Å². The van der Waals surface area contributed by atoms with Crippen LogP contribution in [0.15, 0.2) is 28.7 Å². The summed E-state index contributed by atoms with van der Waals surface area (Å²) in [6.07, 6.45) is 0. The topological polar surface area (TPSA) is 35.5 Å². The van der Waals surface area contributed by atoms with Crippen molar-refractivity contribution in [3.63, 3.8) is 0 Å². The van der Waals surface area contributed by atoms with Gasteiger partial charge in [0.1, 0.15) is 0 Å². The molecule has 16 heavy (non-hydrogen) atoms. The van der Waals surface area contributed by atoms with Crippen LogP contribution in [0.1, 0.15) is 11.6 Å². The molecule has 1 aliphatic rings. The van der Waals surface area contributed by atoms with E-state index in [1.54, 1.807) is 0 Å². The van der Waals surface area contributed by atoms with E-state index in [4.69, 9.17) is 0 Å². The molecule has 4 heteroatoms. The molecule has 1 fully saturated rings. The lowest BCUT2D eigenvalue weighted by atomic mass is 10.1. The molecular weight excluding hydrogens is 268 g/mol. The molecule has 3 nitrogen and oxygen atoms in total. The highest BCUT2D eigenvalue weighted by molar-refractivity contribution is 9.10. The van der Waals surface area contributed by atoms with Gasteiger partial charge in [0.25, 0.3) is 0 Å². The van der Waals surface area contributed by atoms with E-state index in [1.165, 1.54) is 5.56 Å². The average Bonchev–Trinajstić information content (AvgIpc) is 2.31. The smallest absolute Gasteiger partial charge is 0.0628 e. The monoisotopic (exact) mass is 284 g/mol. The summed E-state index contributed by atoms with van der Waals surface area (Å²) in [5.41, 5.74) is 1.18. The lowest BCUT2D eigenvalue weighted by Gasteiger charge is -2.34. The van der Waals surface area contributed by atoms with Gasteiger partial charge in [-0.15, -0.1) is 0 Å². The highest BCUT2D eigenvalue weighted by Crippen LogP contribution is 2.23. The standard InChI is InChI=1S/C12H17BrN2O/c13-11-3-1-2-10(8-11)12(9-16)15-6-4-14-5-7-15/h1-3,8,12,14,16H,4-7,9H2/t12-/m1/s1. The van der Waals surface area contributed by atoms with E-state index in [-0.39, 0.29) is 12.6 Å². The second kappa shape index (κ2) is 5.77. The first-order valence-corrected chi connectivity index (χ1v) is 6.41. The first-order valence-electron chi connectivity index (χ1n) is 5.62. The van der Waals surface area contributed by atoms with Gasteiger partial charge in [-0.05, 0) is 17.7 Å². The van der Waals surface area contributed by atoms with Crippen LogP contribution in [-0.2, 0) is 0 Å². The Labute approximate surface area is 105 Å². The summed E-state index contributed by atoms with van der Waals surface area (Å²) < 4.78 is 1.07. The Hall–Kier alpha value is -0.420. The number of hydrogen-bond acceptors (Lipinski definition) is 3. The van der Waals surface area contributed by atoms with Crippen molar-refractivity contribution < 1.29 is 5.11 Å². The van der Waals surface area contributed by atoms with Crippen molar-refractivity contribution in [2.24, 2.45) is 0 Å². The summed E-state index contributed by atoms with van der Waals surface area (Å²) in [6, 6.07) is 8.32. The molecule has 2 N–H and O–H groups in total. The fraction of sp³-hybridized carbons (Fsp3) is 0.500. The molecule has 1 aliphatic heterocycles. The summed E-state index contributed by atoms with van der Waals surface area (Å²) >= 11 is 3.47. The maximum atomic E-state index is 9.55. The van der Waals surface area contributed by atoms with Crippen molar-refractivity contribution >= 4 is 15.9 Å². The van der Waals surface area contributed by atoms with E-state index in [0.29, 0.717) is 0 Å². The molecular formula is C12H17BrN2O. The normalized spacial score (nSPS) is 19.6. The number of benzene rings is 1. The molecule has 1 saturated heterocycles. The Morgan fingerprint density at radius 2 is 2.12 bits per heavy atom. The zero-order valence-corrected chi connectivity index (χ0v) is 10.8. The van der Waals surface area contributed by atoms with Crippen molar-refractivity contribution in [2.45, 2.75) is 6.04 Å². The number of aliphatic hydroxyl groups is 1. The molecule has 0 saturated carbocycles. The van der Waals surface area contributed by atoms with Gasteiger partial charge in [0.05, 0.1) is 12.6 Å². The van der Waals surface area contributed by atoms with E-state index in [1.807, 2.05) is 12.1 Å². The SMILES string of the molecule is OC[C@H](c1cccc(Br)c1)N1CCNCC1. The largest absolute Gasteiger partial charge is 0.394 e. The van der Waals surface area contributed by atoms with Crippen LogP contribution in [-0.4, -0.2) is 42.8 Å². The molecule has 1 atom stereocenters. The summed E-state index contributed by atoms with van der Waals surface area (Å²) in [7, 11) is 0. The van der Waals surface area contributed by atoms with Crippen LogP contribution >= 0.6 is 15.9 Å². The van der Waals surface area contributed by atoms with Crippen LogP contribution < -0.4 is 5.32 Å². The van der Waals surface area contributed by atoms with Crippen LogP contribution in [0.2, 0.25) is 0 Å². The minimum absolute atomic E-state index is 0.125. The fourth-order valence-electron chi connectivity index (χ4n) is 2.14. The third kappa shape index (κ3) is 2.83. The summed E-state index contributed by atoms with van der Waals surface area (Å²) in [5, 5.41) is 12.9. The molecule has 0 spiro atoms. The molecule has 88 valence electrons. The lowest BCUT2D eigenvalue weighted by Crippen LogP contribution is -2.46. The van der Waals surface area contributed by atoms with Crippen LogP contribution in [0.25, 0.3) is 0 Å². The first-order chi connectivity index (χ1) is 7.81. The van der Waals surface area contributed by atoms with Gasteiger partial charge < -0.3 is 10.4 Å². The summed E-state index contributed by atoms with van der Waals surface area (Å²) in [5.74, 6) is 0. The van der Waals surface area contributed by atoms with E-state index >= 15 is 0 Å². The van der Waals surface area contributed by atoms with Gasteiger partial charge in [0.2, 0.25) is 0 Å². The lowest BCUT2D eigenvalue weighted by molar-refractivity contribution is 0.111. The summed E-state index contributed by atoms with van der Waals surface area (Å²) in [6.45, 7) is 4.18. The number of piperazine rings is 1. The first kappa shape index (κ1) is 12.0. The number of hydrogen-bond donors (Lipinski definition) is 2. The predicted molar refractivity (Wildman–Crippen MR) is 68.4 cm³/mol. The van der Waals surface area contributed by atoms with Crippen molar-refractivity contribution in [3.05, 3.63) is 34.3 Å². The minimum atomic E-state index is 0.125. The van der Waals surface area contributed by atoms with Gasteiger partial charge in [-0.2, -0.15) is 0 Å². The van der Waals surface area contributed by atoms with Gasteiger partial charge in [0.15, 0.2) is 0 Å². The van der Waals surface area contributed by atoms with E-state index in [0.717, 1.165) is 30.7 Å². The van der Waals surface area contributed by atoms with Crippen LogP contribution in [0, 0.1) is 0 Å². The van der Waals surface area contributed by atoms with E-state index in [2.05, 4.69) is 38.3 Å². The Kier molecular flexibility index (Phi) is 4.35. The van der Waals surface area contributed by atoms with Gasteiger partial charge >= 0.3 is 0 Å². The zero-order valence-electron chi connectivity index (χ0n) is 9.19. The molecule has 1 heterocycles. The Bertz CT molecular complexity index is 340. The van der Waals surface area contributed by atoms with Gasteiger partial charge in [-0.3, -0.25) is 4.90 Å². The summed E-state index contributed by atoms with van der Waals surface area (Å²) in [4.78, 5) is 2.33. The number of nitrogens with one attached hydrogen (secondary N) is 1. The molecule has 0 bridgehead atoms. The number of aliphatic hydroxyl groups excluding tert-OH is 1. The van der Waals surface area contributed by atoms with Crippen molar-refractivity contribution in [1.29, 1.82) is 0 Å². The molecule has 0 amide bonds. The third-order valence-electron chi connectivity index (χ3n) is 3.00. The van der Waals surface area contributed by atoms with Crippen molar-refractivity contribution in [1.82, 2.24) is 10.2 Å². The molecule has 1 aromatic carbocycles. The zero-order chi connectivity index (χ0) is 11.4. The molecule has 2 rings (SSSR count). The Balaban J connectivity index is 2.14. The molecule has 0 unspecified atom stereocenters.